The molecule has 1 fully saturated rings. The van der Waals surface area contributed by atoms with Gasteiger partial charge >= 0.3 is 6.03 Å². The first-order chi connectivity index (χ1) is 14.4. The summed E-state index contributed by atoms with van der Waals surface area (Å²) in [6.45, 7) is 0.800. The lowest BCUT2D eigenvalue weighted by atomic mass is 10.1. The first-order valence-electron chi connectivity index (χ1n) is 9.34. The molecule has 0 spiro atoms. The van der Waals surface area contributed by atoms with E-state index in [-0.39, 0.29) is 22.0 Å². The molecular weight excluding hydrogens is 429 g/mol. The van der Waals surface area contributed by atoms with Gasteiger partial charge in [-0.3, -0.25) is 0 Å². The van der Waals surface area contributed by atoms with Crippen LogP contribution in [0.4, 0.5) is 14.9 Å². The van der Waals surface area contributed by atoms with Crippen LogP contribution in [0.3, 0.4) is 0 Å². The molecule has 30 heavy (non-hydrogen) atoms. The molecule has 0 aliphatic carbocycles. The van der Waals surface area contributed by atoms with Gasteiger partial charge in [-0.05, 0) is 48.6 Å². The number of halogens is 1. The number of piperidine rings is 1. The average molecular weight is 450 g/mol. The average Bonchev–Trinajstić information content (AvgIpc) is 3.43. The van der Waals surface area contributed by atoms with Gasteiger partial charge in [-0.1, -0.05) is 6.07 Å². The molecular formula is C19H20FN5O3S2. The number of anilines is 1. The van der Waals surface area contributed by atoms with Crippen molar-refractivity contribution in [3.63, 3.8) is 0 Å². The van der Waals surface area contributed by atoms with Gasteiger partial charge < -0.3 is 10.2 Å². The SMILES string of the molecule is O=C(Nc1ccc(-n2cccn2)c(F)c1)N1CCC(NS(=O)(=O)c2cccs2)CC1. The molecule has 0 atom stereocenters. The summed E-state index contributed by atoms with van der Waals surface area (Å²) >= 11 is 1.17. The fourth-order valence-electron chi connectivity index (χ4n) is 3.28. The van der Waals surface area contributed by atoms with Crippen molar-refractivity contribution in [2.75, 3.05) is 18.4 Å². The van der Waals surface area contributed by atoms with Crippen LogP contribution in [0.25, 0.3) is 5.69 Å². The maximum Gasteiger partial charge on any atom is 0.321 e. The van der Waals surface area contributed by atoms with E-state index in [1.165, 1.54) is 22.1 Å². The number of thiophene rings is 1. The van der Waals surface area contributed by atoms with Crippen LogP contribution < -0.4 is 10.0 Å². The summed E-state index contributed by atoms with van der Waals surface area (Å²) in [7, 11) is -3.53. The molecule has 2 N–H and O–H groups in total. The van der Waals surface area contributed by atoms with Crippen molar-refractivity contribution in [3.8, 4) is 5.69 Å². The summed E-state index contributed by atoms with van der Waals surface area (Å²) in [6, 6.07) is 8.77. The lowest BCUT2D eigenvalue weighted by molar-refractivity contribution is 0.193. The number of sulfonamides is 1. The van der Waals surface area contributed by atoms with Gasteiger partial charge in [0.25, 0.3) is 0 Å². The molecule has 11 heteroatoms. The number of amides is 2. The van der Waals surface area contributed by atoms with Gasteiger partial charge in [0.15, 0.2) is 5.82 Å². The van der Waals surface area contributed by atoms with Crippen molar-refractivity contribution in [1.82, 2.24) is 19.4 Å². The second-order valence-electron chi connectivity index (χ2n) is 6.86. The summed E-state index contributed by atoms with van der Waals surface area (Å²) in [6.07, 6.45) is 4.20. The van der Waals surface area contributed by atoms with Gasteiger partial charge in [-0.25, -0.2) is 27.0 Å². The first-order valence-corrected chi connectivity index (χ1v) is 11.7. The highest BCUT2D eigenvalue weighted by molar-refractivity contribution is 7.91. The molecule has 0 unspecified atom stereocenters. The van der Waals surface area contributed by atoms with Crippen molar-refractivity contribution in [2.24, 2.45) is 0 Å². The number of carbonyl (C=O) groups excluding carboxylic acids is 1. The first kappa shape index (κ1) is 20.5. The Hall–Kier alpha value is -2.76. The van der Waals surface area contributed by atoms with Crippen molar-refractivity contribution < 1.29 is 17.6 Å². The number of likely N-dealkylation sites (tertiary alicyclic amines) is 1. The van der Waals surface area contributed by atoms with E-state index in [0.29, 0.717) is 31.6 Å². The highest BCUT2D eigenvalue weighted by Crippen LogP contribution is 2.21. The lowest BCUT2D eigenvalue weighted by Gasteiger charge is -2.32. The Morgan fingerprint density at radius 1 is 1.20 bits per heavy atom. The molecule has 4 rings (SSSR count). The molecule has 0 radical (unpaired) electrons. The number of nitrogens with one attached hydrogen (secondary N) is 2. The zero-order valence-corrected chi connectivity index (χ0v) is 17.5. The molecule has 8 nitrogen and oxygen atoms in total. The summed E-state index contributed by atoms with van der Waals surface area (Å²) in [5.41, 5.74) is 0.630. The quantitative estimate of drug-likeness (QED) is 0.626. The van der Waals surface area contributed by atoms with Gasteiger partial charge in [-0.15, -0.1) is 11.3 Å². The molecule has 1 aliphatic heterocycles. The minimum Gasteiger partial charge on any atom is -0.324 e. The summed E-state index contributed by atoms with van der Waals surface area (Å²) in [5, 5.41) is 8.40. The molecule has 3 heterocycles. The Bertz CT molecular complexity index is 1110. The number of nitrogens with zero attached hydrogens (tertiary/aromatic N) is 3. The van der Waals surface area contributed by atoms with Gasteiger partial charge in [0.05, 0.1) is 0 Å². The van der Waals surface area contributed by atoms with Gasteiger partial charge in [-0.2, -0.15) is 5.10 Å². The number of benzene rings is 1. The Labute approximate surface area is 177 Å². The highest BCUT2D eigenvalue weighted by atomic mass is 32.2. The number of rotatable bonds is 5. The zero-order chi connectivity index (χ0) is 21.1. The van der Waals surface area contributed by atoms with Crippen LogP contribution in [0.1, 0.15) is 12.8 Å². The summed E-state index contributed by atoms with van der Waals surface area (Å²) in [4.78, 5) is 14.1. The molecule has 1 aromatic carbocycles. The minimum absolute atomic E-state index is 0.230. The molecule has 2 amide bonds. The fourth-order valence-corrected chi connectivity index (χ4v) is 5.59. The van der Waals surface area contributed by atoms with E-state index in [2.05, 4.69) is 15.1 Å². The Balaban J connectivity index is 1.32. The van der Waals surface area contributed by atoms with Crippen LogP contribution in [-0.2, 0) is 10.0 Å². The predicted octanol–water partition coefficient (Wildman–Crippen LogP) is 3.05. The lowest BCUT2D eigenvalue weighted by Crippen LogP contribution is -2.47. The second-order valence-corrected chi connectivity index (χ2v) is 9.75. The molecule has 0 bridgehead atoms. The van der Waals surface area contributed by atoms with E-state index in [1.54, 1.807) is 53.0 Å². The molecule has 1 aliphatic rings. The van der Waals surface area contributed by atoms with Gasteiger partial charge in [0, 0.05) is 37.2 Å². The third-order valence-corrected chi connectivity index (χ3v) is 7.73. The van der Waals surface area contributed by atoms with Gasteiger partial charge in [0.2, 0.25) is 10.0 Å². The van der Waals surface area contributed by atoms with Crippen LogP contribution in [0, 0.1) is 5.82 Å². The molecule has 3 aromatic rings. The van der Waals surface area contributed by atoms with Crippen molar-refractivity contribution in [2.45, 2.75) is 23.1 Å². The maximum atomic E-state index is 14.3. The largest absolute Gasteiger partial charge is 0.324 e. The van der Waals surface area contributed by atoms with Crippen molar-refractivity contribution >= 4 is 33.1 Å². The number of carbonyl (C=O) groups is 1. The Kier molecular flexibility index (Phi) is 5.84. The fraction of sp³-hybridized carbons (Fsp3) is 0.263. The van der Waals surface area contributed by atoms with E-state index < -0.39 is 15.8 Å². The number of aromatic nitrogens is 2. The van der Waals surface area contributed by atoms with E-state index in [1.807, 2.05) is 0 Å². The number of hydrogen-bond donors (Lipinski definition) is 2. The second kappa shape index (κ2) is 8.54. The maximum absolute atomic E-state index is 14.3. The van der Waals surface area contributed by atoms with Crippen molar-refractivity contribution in [1.29, 1.82) is 0 Å². The standard InChI is InChI=1S/C19H20FN5O3S2/c20-16-13-15(4-5-17(16)25-9-2-8-21-25)22-19(26)24-10-6-14(7-11-24)23-30(27,28)18-3-1-12-29-18/h1-5,8-9,12-14,23H,6-7,10-11H2,(H,22,26). The third-order valence-electron chi connectivity index (χ3n) is 4.81. The Morgan fingerprint density at radius 2 is 2.00 bits per heavy atom. The van der Waals surface area contributed by atoms with Crippen molar-refractivity contribution in [3.05, 3.63) is 60.0 Å². The van der Waals surface area contributed by atoms with Crippen LogP contribution in [0.2, 0.25) is 0 Å². The molecule has 2 aromatic heterocycles. The zero-order valence-electron chi connectivity index (χ0n) is 15.9. The van der Waals surface area contributed by atoms with Crippen LogP contribution in [0.5, 0.6) is 0 Å². The molecule has 158 valence electrons. The monoisotopic (exact) mass is 449 g/mol. The normalized spacial score (nSPS) is 15.3. The summed E-state index contributed by atoms with van der Waals surface area (Å²) < 4.78 is 43.4. The highest BCUT2D eigenvalue weighted by Gasteiger charge is 2.27. The number of hydrogen-bond acceptors (Lipinski definition) is 5. The number of urea groups is 1. The summed E-state index contributed by atoms with van der Waals surface area (Å²) in [5.74, 6) is -0.502. The van der Waals surface area contributed by atoms with Crippen LogP contribution in [0.15, 0.2) is 58.4 Å². The topological polar surface area (TPSA) is 96.3 Å². The minimum atomic E-state index is -3.53. The third kappa shape index (κ3) is 4.53. The van der Waals surface area contributed by atoms with Gasteiger partial charge in [0.1, 0.15) is 9.90 Å². The molecule has 0 saturated carbocycles. The Morgan fingerprint density at radius 3 is 2.63 bits per heavy atom. The predicted molar refractivity (Wildman–Crippen MR) is 112 cm³/mol. The smallest absolute Gasteiger partial charge is 0.321 e. The molecule has 1 saturated heterocycles. The van der Waals surface area contributed by atoms with E-state index in [0.717, 1.165) is 0 Å². The van der Waals surface area contributed by atoms with E-state index in [4.69, 9.17) is 0 Å². The van der Waals surface area contributed by atoms with E-state index in [9.17, 15) is 17.6 Å². The van der Waals surface area contributed by atoms with Crippen LogP contribution >= 0.6 is 11.3 Å². The van der Waals surface area contributed by atoms with Crippen LogP contribution in [-0.4, -0.2) is 48.3 Å². The van der Waals surface area contributed by atoms with E-state index >= 15 is 0 Å².